The van der Waals surface area contributed by atoms with Gasteiger partial charge in [-0.05, 0) is 48.2 Å². The molecule has 3 N–H and O–H groups in total. The highest BCUT2D eigenvalue weighted by Gasteiger charge is 2.18. The van der Waals surface area contributed by atoms with Crippen LogP contribution in [0.1, 0.15) is 29.0 Å². The fourth-order valence-electron chi connectivity index (χ4n) is 2.68. The first-order valence-electron chi connectivity index (χ1n) is 8.53. The van der Waals surface area contributed by atoms with E-state index < -0.39 is 6.10 Å². The minimum absolute atomic E-state index is 0.0946. The van der Waals surface area contributed by atoms with Gasteiger partial charge in [-0.1, -0.05) is 36.4 Å². The maximum atomic E-state index is 10.4. The van der Waals surface area contributed by atoms with Gasteiger partial charge in [-0.25, -0.2) is 0 Å². The van der Waals surface area contributed by atoms with Gasteiger partial charge in [0, 0.05) is 10.4 Å². The minimum Gasteiger partial charge on any atom is -0.488 e. The van der Waals surface area contributed by atoms with Gasteiger partial charge in [-0.3, -0.25) is 0 Å². The van der Waals surface area contributed by atoms with E-state index in [1.807, 2.05) is 48.5 Å². The third-order valence-electron chi connectivity index (χ3n) is 4.25. The molecule has 0 saturated heterocycles. The number of aliphatic hydroxyl groups excluding tert-OH is 1. The van der Waals surface area contributed by atoms with Crippen LogP contribution >= 0.6 is 11.3 Å². The Bertz CT molecular complexity index is 741. The first-order valence-corrected chi connectivity index (χ1v) is 9.41. The highest BCUT2D eigenvalue weighted by molar-refractivity contribution is 7.09. The molecule has 3 rings (SSSR count). The lowest BCUT2D eigenvalue weighted by Crippen LogP contribution is -2.88. The van der Waals surface area contributed by atoms with Crippen LogP contribution in [0.25, 0.3) is 0 Å². The van der Waals surface area contributed by atoms with Crippen LogP contribution in [0.4, 0.5) is 0 Å². The van der Waals surface area contributed by atoms with E-state index in [0.29, 0.717) is 6.61 Å². The highest BCUT2D eigenvalue weighted by Crippen LogP contribution is 2.17. The van der Waals surface area contributed by atoms with Crippen LogP contribution in [0.2, 0.25) is 0 Å². The van der Waals surface area contributed by atoms with Crippen molar-refractivity contribution in [3.8, 4) is 5.75 Å². The third-order valence-corrected chi connectivity index (χ3v) is 5.10. The smallest absolute Gasteiger partial charge is 0.130 e. The molecule has 0 unspecified atom stereocenters. The van der Waals surface area contributed by atoms with E-state index in [-0.39, 0.29) is 6.04 Å². The van der Waals surface area contributed by atoms with Gasteiger partial charge >= 0.3 is 0 Å². The van der Waals surface area contributed by atoms with Crippen LogP contribution in [0.5, 0.6) is 5.75 Å². The summed E-state index contributed by atoms with van der Waals surface area (Å²) < 4.78 is 5.79. The van der Waals surface area contributed by atoms with Crippen LogP contribution in [0.3, 0.4) is 0 Å². The summed E-state index contributed by atoms with van der Waals surface area (Å²) in [7, 11) is 0. The molecule has 4 heteroatoms. The van der Waals surface area contributed by atoms with Gasteiger partial charge in [0.25, 0.3) is 0 Å². The second kappa shape index (κ2) is 8.81. The molecule has 0 amide bonds. The number of benzene rings is 2. The van der Waals surface area contributed by atoms with Gasteiger partial charge < -0.3 is 15.2 Å². The molecule has 0 aliphatic rings. The molecule has 25 heavy (non-hydrogen) atoms. The topological polar surface area (TPSA) is 46.1 Å². The third kappa shape index (κ3) is 5.16. The lowest BCUT2D eigenvalue weighted by molar-refractivity contribution is -0.709. The fourth-order valence-corrected chi connectivity index (χ4v) is 3.29. The monoisotopic (exact) mass is 354 g/mol. The van der Waals surface area contributed by atoms with Crippen LogP contribution in [0.15, 0.2) is 72.1 Å². The van der Waals surface area contributed by atoms with Gasteiger partial charge in [-0.15, -0.1) is 11.3 Å². The molecule has 1 aromatic heterocycles. The number of thiophene rings is 1. The zero-order valence-electron chi connectivity index (χ0n) is 14.3. The van der Waals surface area contributed by atoms with E-state index in [0.717, 1.165) is 17.9 Å². The van der Waals surface area contributed by atoms with Gasteiger partial charge in [0.15, 0.2) is 0 Å². The quantitative estimate of drug-likeness (QED) is 0.650. The average molecular weight is 354 g/mol. The molecule has 0 aliphatic carbocycles. The first kappa shape index (κ1) is 17.7. The lowest BCUT2D eigenvalue weighted by Gasteiger charge is -2.18. The average Bonchev–Trinajstić information content (AvgIpc) is 3.19. The predicted octanol–water partition coefficient (Wildman–Crippen LogP) is 3.51. The summed E-state index contributed by atoms with van der Waals surface area (Å²) in [5, 5.41) is 14.6. The van der Waals surface area contributed by atoms with Crippen LogP contribution in [0, 0.1) is 0 Å². The van der Waals surface area contributed by atoms with Gasteiger partial charge in [0.1, 0.15) is 31.0 Å². The molecule has 0 radical (unpaired) electrons. The Labute approximate surface area is 152 Å². The van der Waals surface area contributed by atoms with Crippen molar-refractivity contribution in [2.75, 3.05) is 0 Å². The summed E-state index contributed by atoms with van der Waals surface area (Å²) in [6.45, 7) is 3.50. The molecule has 0 saturated carbocycles. The van der Waals surface area contributed by atoms with E-state index in [9.17, 15) is 5.11 Å². The Kier molecular flexibility index (Phi) is 6.23. The van der Waals surface area contributed by atoms with Crippen LogP contribution < -0.4 is 10.1 Å². The summed E-state index contributed by atoms with van der Waals surface area (Å²) in [6.07, 6.45) is -0.463. The summed E-state index contributed by atoms with van der Waals surface area (Å²) in [5.74, 6) is 0.884. The number of nitrogens with two attached hydrogens (primary N) is 1. The number of hydrogen-bond acceptors (Lipinski definition) is 3. The van der Waals surface area contributed by atoms with Crippen molar-refractivity contribution in [1.82, 2.24) is 0 Å². The molecular formula is C21H24NO2S+. The Balaban J connectivity index is 1.48. The number of quaternary nitrogens is 1. The summed E-state index contributed by atoms with van der Waals surface area (Å²) in [4.78, 5) is 1.22. The van der Waals surface area contributed by atoms with E-state index in [2.05, 4.69) is 35.8 Å². The van der Waals surface area contributed by atoms with Crippen molar-refractivity contribution in [3.63, 3.8) is 0 Å². The Hall–Kier alpha value is -2.14. The highest BCUT2D eigenvalue weighted by atomic mass is 32.1. The molecule has 2 aromatic carbocycles. The Morgan fingerprint density at radius 1 is 1.00 bits per heavy atom. The van der Waals surface area contributed by atoms with E-state index in [1.54, 1.807) is 11.3 Å². The van der Waals surface area contributed by atoms with Crippen LogP contribution in [-0.4, -0.2) is 11.1 Å². The molecule has 130 valence electrons. The van der Waals surface area contributed by atoms with Crippen LogP contribution in [-0.2, 0) is 13.2 Å². The van der Waals surface area contributed by atoms with Crippen molar-refractivity contribution in [1.29, 1.82) is 0 Å². The second-order valence-electron chi connectivity index (χ2n) is 6.17. The van der Waals surface area contributed by atoms with Gasteiger partial charge in [-0.2, -0.15) is 0 Å². The number of rotatable bonds is 8. The molecule has 0 aliphatic heterocycles. The zero-order valence-corrected chi connectivity index (χ0v) is 15.2. The molecule has 3 aromatic rings. The molecule has 0 bridgehead atoms. The van der Waals surface area contributed by atoms with Crippen molar-refractivity contribution in [2.45, 2.75) is 32.2 Å². The Morgan fingerprint density at radius 3 is 2.44 bits per heavy atom. The van der Waals surface area contributed by atoms with E-state index in [4.69, 9.17) is 4.74 Å². The van der Waals surface area contributed by atoms with E-state index in [1.165, 1.54) is 10.4 Å². The van der Waals surface area contributed by atoms with E-state index >= 15 is 0 Å². The molecule has 1 heterocycles. The fraction of sp³-hybridized carbons (Fsp3) is 0.238. The summed E-state index contributed by atoms with van der Waals surface area (Å²) in [6, 6.07) is 22.2. The zero-order chi connectivity index (χ0) is 17.5. The maximum absolute atomic E-state index is 10.4. The molecule has 2 atom stereocenters. The van der Waals surface area contributed by atoms with Crippen molar-refractivity contribution in [2.24, 2.45) is 0 Å². The van der Waals surface area contributed by atoms with Crippen molar-refractivity contribution < 1.29 is 15.2 Å². The lowest BCUT2D eigenvalue weighted by atomic mass is 10.0. The van der Waals surface area contributed by atoms with Gasteiger partial charge in [0.2, 0.25) is 0 Å². The SMILES string of the molecule is C[C@@H]([NH2+]Cc1ccc(OCc2cccs2)cc1)[C@@H](O)c1ccccc1. The van der Waals surface area contributed by atoms with Crippen molar-refractivity contribution >= 4 is 11.3 Å². The molecule has 0 fully saturated rings. The standard InChI is InChI=1S/C21H23NO2S/c1-16(21(23)18-6-3-2-4-7-18)22-14-17-9-11-19(12-10-17)24-15-20-8-5-13-25-20/h2-13,16,21-23H,14-15H2,1H3/p+1/t16-,21-/m1/s1. The first-order chi connectivity index (χ1) is 12.2. The minimum atomic E-state index is -0.463. The Morgan fingerprint density at radius 2 is 1.76 bits per heavy atom. The molecule has 3 nitrogen and oxygen atoms in total. The largest absolute Gasteiger partial charge is 0.488 e. The van der Waals surface area contributed by atoms with Crippen molar-refractivity contribution in [3.05, 3.63) is 88.1 Å². The number of hydrogen-bond donors (Lipinski definition) is 2. The summed E-state index contributed by atoms with van der Waals surface area (Å²) in [5.41, 5.74) is 2.18. The number of aliphatic hydroxyl groups is 1. The number of ether oxygens (including phenoxy) is 1. The van der Waals surface area contributed by atoms with Gasteiger partial charge in [0.05, 0.1) is 0 Å². The summed E-state index contributed by atoms with van der Waals surface area (Å²) >= 11 is 1.70. The maximum Gasteiger partial charge on any atom is 0.130 e. The second-order valence-corrected chi connectivity index (χ2v) is 7.20. The molecular weight excluding hydrogens is 330 g/mol. The predicted molar refractivity (Wildman–Crippen MR) is 102 cm³/mol. The molecule has 0 spiro atoms. The normalized spacial score (nSPS) is 13.4.